The van der Waals surface area contributed by atoms with Crippen molar-refractivity contribution >= 4 is 44.2 Å². The van der Waals surface area contributed by atoms with Crippen LogP contribution in [0.3, 0.4) is 0 Å². The summed E-state index contributed by atoms with van der Waals surface area (Å²) in [6, 6.07) is 63.6. The van der Waals surface area contributed by atoms with Crippen LogP contribution in [0.5, 0.6) is 11.5 Å². The molecule has 3 heterocycles. The van der Waals surface area contributed by atoms with E-state index >= 15 is 0 Å². The van der Waals surface area contributed by atoms with Crippen molar-refractivity contribution in [3.63, 3.8) is 0 Å². The predicted octanol–water partition coefficient (Wildman–Crippen LogP) is 12.8. The van der Waals surface area contributed by atoms with Crippen LogP contribution in [0.25, 0.3) is 60.9 Å². The molecule has 8 aromatic carbocycles. The third kappa shape index (κ3) is 4.58. The van der Waals surface area contributed by atoms with E-state index in [-0.39, 0.29) is 0 Å². The normalized spacial score (nSPS) is 13.9. The van der Waals surface area contributed by atoms with E-state index in [1.54, 1.807) is 0 Å². The van der Waals surface area contributed by atoms with E-state index in [0.717, 1.165) is 68.0 Å². The number of aromatic nitrogens is 1. The van der Waals surface area contributed by atoms with E-state index in [2.05, 4.69) is 193 Å². The quantitative estimate of drug-likeness (QED) is 0.200. The van der Waals surface area contributed by atoms with Gasteiger partial charge in [0.1, 0.15) is 11.5 Å². The lowest BCUT2D eigenvalue weighted by Gasteiger charge is -2.42. The average molecular weight is 691 g/mol. The van der Waals surface area contributed by atoms with Crippen molar-refractivity contribution in [1.29, 1.82) is 0 Å². The predicted molar refractivity (Wildman–Crippen MR) is 224 cm³/mol. The molecule has 3 heteroatoms. The van der Waals surface area contributed by atoms with Crippen molar-refractivity contribution < 1.29 is 4.74 Å². The van der Waals surface area contributed by atoms with Crippen LogP contribution < -0.4 is 10.1 Å². The van der Waals surface area contributed by atoms with Gasteiger partial charge in [-0.25, -0.2) is 4.98 Å². The lowest BCUT2D eigenvalue weighted by Crippen LogP contribution is -2.34. The molecule has 54 heavy (non-hydrogen) atoms. The summed E-state index contributed by atoms with van der Waals surface area (Å²) in [6.07, 6.45) is 4.33. The molecule has 0 aliphatic carbocycles. The van der Waals surface area contributed by atoms with Crippen LogP contribution in [-0.2, 0) is 5.41 Å². The minimum Gasteiger partial charge on any atom is -0.457 e. The van der Waals surface area contributed by atoms with E-state index < -0.39 is 5.41 Å². The molecule has 0 atom stereocenters. The Balaban J connectivity index is 1.14. The first-order chi connectivity index (χ1) is 26.8. The fourth-order valence-corrected chi connectivity index (χ4v) is 8.90. The van der Waals surface area contributed by atoms with Gasteiger partial charge in [0.2, 0.25) is 0 Å². The molecule has 2 aliphatic rings. The fraction of sp³-hybridized carbons (Fsp3) is 0.0392. The van der Waals surface area contributed by atoms with Crippen LogP contribution in [0.1, 0.15) is 27.8 Å². The zero-order valence-electron chi connectivity index (χ0n) is 29.5. The lowest BCUT2D eigenvalue weighted by molar-refractivity contribution is 0.435. The Morgan fingerprint density at radius 2 is 1.17 bits per heavy atom. The van der Waals surface area contributed by atoms with Gasteiger partial charge in [0, 0.05) is 28.6 Å². The first-order valence-corrected chi connectivity index (χ1v) is 18.6. The van der Waals surface area contributed by atoms with Gasteiger partial charge < -0.3 is 10.1 Å². The maximum Gasteiger partial charge on any atom is 0.132 e. The summed E-state index contributed by atoms with van der Waals surface area (Å²) in [7, 11) is 0. The number of pyridine rings is 1. The molecule has 3 nitrogen and oxygen atoms in total. The average Bonchev–Trinajstić information content (AvgIpc) is 3.25. The van der Waals surface area contributed by atoms with Gasteiger partial charge in [-0.05, 0) is 79.7 Å². The molecule has 11 rings (SSSR count). The summed E-state index contributed by atoms with van der Waals surface area (Å²) in [6.45, 7) is 0.805. The highest BCUT2D eigenvalue weighted by molar-refractivity contribution is 6.06. The summed E-state index contributed by atoms with van der Waals surface area (Å²) in [5.41, 5.74) is 11.7. The minimum absolute atomic E-state index is 0.626. The van der Waals surface area contributed by atoms with Gasteiger partial charge in [0.15, 0.2) is 0 Å². The van der Waals surface area contributed by atoms with E-state index in [1.807, 2.05) is 0 Å². The summed E-state index contributed by atoms with van der Waals surface area (Å²) in [5.74, 6) is 1.74. The zero-order chi connectivity index (χ0) is 35.6. The number of fused-ring (bicyclic) bond motifs is 7. The number of anilines is 1. The number of nitrogens with one attached hydrogen (secondary N) is 1. The zero-order valence-corrected chi connectivity index (χ0v) is 29.5. The van der Waals surface area contributed by atoms with Crippen molar-refractivity contribution in [2.45, 2.75) is 5.41 Å². The number of rotatable bonds is 4. The Bertz CT molecular complexity index is 2930. The first-order valence-electron chi connectivity index (χ1n) is 18.6. The van der Waals surface area contributed by atoms with Crippen LogP contribution in [0.4, 0.5) is 5.69 Å². The van der Waals surface area contributed by atoms with Crippen LogP contribution in [0, 0.1) is 0 Å². The molecule has 1 aromatic heterocycles. The minimum atomic E-state index is -0.626. The van der Waals surface area contributed by atoms with E-state index in [0.29, 0.717) is 0 Å². The largest absolute Gasteiger partial charge is 0.457 e. The second-order valence-electron chi connectivity index (χ2n) is 14.3. The SMILES string of the molecule is C1=Cc2ccc3ccc(-c4ccc(-c5ccc6c(c5)C(c5ccccc5)(c5ccccc5)c5cc7ccccc7cc5O6)c5ccccc45)nc3c2NC1. The molecule has 0 bridgehead atoms. The van der Waals surface area contributed by atoms with E-state index in [4.69, 9.17) is 9.72 Å². The molecule has 0 radical (unpaired) electrons. The molecule has 0 amide bonds. The number of hydrogen-bond acceptors (Lipinski definition) is 3. The van der Waals surface area contributed by atoms with Gasteiger partial charge in [-0.2, -0.15) is 0 Å². The molecule has 9 aromatic rings. The highest BCUT2D eigenvalue weighted by Gasteiger charge is 2.45. The van der Waals surface area contributed by atoms with Gasteiger partial charge in [0.05, 0.1) is 22.3 Å². The maximum atomic E-state index is 6.90. The topological polar surface area (TPSA) is 34.1 Å². The molecule has 0 saturated heterocycles. The Morgan fingerprint density at radius 1 is 0.519 bits per heavy atom. The standard InChI is InChI=1S/C51H34N2O/c1-3-15-38(16-4-1)51(39-17-5-2-6-18-39)44-31-37(24-28-47(44)54-48-32-36-13-8-7-12-35(36)30-45(48)51)40-25-26-43(42-20-10-9-19-41(40)42)46-27-23-34-22-21-33-14-11-29-52-49(33)50(34)53-46/h1-28,30-32,52H,29H2. The summed E-state index contributed by atoms with van der Waals surface area (Å²) >= 11 is 0. The van der Waals surface area contributed by atoms with Crippen molar-refractivity contribution in [3.05, 3.63) is 210 Å². The molecule has 2 aliphatic heterocycles. The monoisotopic (exact) mass is 690 g/mol. The second kappa shape index (κ2) is 12.0. The third-order valence-electron chi connectivity index (χ3n) is 11.4. The highest BCUT2D eigenvalue weighted by Crippen LogP contribution is 2.57. The molecule has 0 fully saturated rings. The van der Waals surface area contributed by atoms with Crippen molar-refractivity contribution in [3.8, 4) is 33.9 Å². The van der Waals surface area contributed by atoms with Gasteiger partial charge in [-0.1, -0.05) is 158 Å². The Morgan fingerprint density at radius 3 is 1.94 bits per heavy atom. The Labute approximate surface area is 313 Å². The molecular formula is C51H34N2O. The van der Waals surface area contributed by atoms with Crippen molar-refractivity contribution in [1.82, 2.24) is 4.98 Å². The molecule has 254 valence electrons. The maximum absolute atomic E-state index is 6.90. The van der Waals surface area contributed by atoms with Crippen LogP contribution in [-0.4, -0.2) is 11.5 Å². The third-order valence-corrected chi connectivity index (χ3v) is 11.4. The van der Waals surface area contributed by atoms with Gasteiger partial charge in [-0.3, -0.25) is 0 Å². The Kier molecular flexibility index (Phi) is 6.83. The molecular weight excluding hydrogens is 657 g/mol. The first kappa shape index (κ1) is 30.6. The number of ether oxygens (including phenoxy) is 1. The smallest absolute Gasteiger partial charge is 0.132 e. The van der Waals surface area contributed by atoms with Crippen LogP contribution in [0.2, 0.25) is 0 Å². The molecule has 0 spiro atoms. The Hall–Kier alpha value is -6.97. The fourth-order valence-electron chi connectivity index (χ4n) is 8.90. The molecule has 0 saturated carbocycles. The van der Waals surface area contributed by atoms with Crippen molar-refractivity contribution in [2.24, 2.45) is 0 Å². The highest BCUT2D eigenvalue weighted by atomic mass is 16.5. The van der Waals surface area contributed by atoms with Crippen LogP contribution >= 0.6 is 0 Å². The summed E-state index contributed by atoms with van der Waals surface area (Å²) in [5, 5.41) is 9.39. The van der Waals surface area contributed by atoms with Crippen molar-refractivity contribution in [2.75, 3.05) is 11.9 Å². The number of nitrogens with zero attached hydrogens (tertiary/aromatic N) is 1. The van der Waals surface area contributed by atoms with Crippen LogP contribution in [0.15, 0.2) is 182 Å². The number of benzene rings is 8. The summed E-state index contributed by atoms with van der Waals surface area (Å²) in [4.78, 5) is 5.29. The van der Waals surface area contributed by atoms with Gasteiger partial charge >= 0.3 is 0 Å². The molecule has 0 unspecified atom stereocenters. The van der Waals surface area contributed by atoms with Gasteiger partial charge in [0.25, 0.3) is 0 Å². The second-order valence-corrected chi connectivity index (χ2v) is 14.3. The van der Waals surface area contributed by atoms with E-state index in [1.165, 1.54) is 38.4 Å². The number of hydrogen-bond donors (Lipinski definition) is 1. The molecule has 1 N–H and O–H groups in total. The summed E-state index contributed by atoms with van der Waals surface area (Å²) < 4.78 is 6.90. The lowest BCUT2D eigenvalue weighted by atomic mass is 9.63. The van der Waals surface area contributed by atoms with Gasteiger partial charge in [-0.15, -0.1) is 0 Å². The van der Waals surface area contributed by atoms with E-state index in [9.17, 15) is 0 Å².